The maximum atomic E-state index is 13.6. The largest absolute Gasteiger partial charge is 0.383 e. The van der Waals surface area contributed by atoms with Crippen molar-refractivity contribution in [2.75, 3.05) is 25.2 Å². The summed E-state index contributed by atoms with van der Waals surface area (Å²) in [5.74, 6) is -0.174. The summed E-state index contributed by atoms with van der Waals surface area (Å²) in [5, 5.41) is 3.45. The van der Waals surface area contributed by atoms with Crippen molar-refractivity contribution in [3.05, 3.63) is 29.6 Å². The molecule has 0 unspecified atom stereocenters. The molecule has 0 atom stereocenters. The van der Waals surface area contributed by atoms with Gasteiger partial charge in [0, 0.05) is 37.5 Å². The highest BCUT2D eigenvalue weighted by molar-refractivity contribution is 5.55. The second-order valence-corrected chi connectivity index (χ2v) is 6.79. The minimum absolute atomic E-state index is 0.0144. The van der Waals surface area contributed by atoms with E-state index in [-0.39, 0.29) is 11.4 Å². The minimum atomic E-state index is -0.174. The number of hydrogen-bond donors (Lipinski definition) is 1. The van der Waals surface area contributed by atoms with Crippen LogP contribution in [-0.2, 0) is 11.3 Å². The summed E-state index contributed by atoms with van der Waals surface area (Å²) in [7, 11) is 1.72. The maximum absolute atomic E-state index is 13.6. The molecule has 1 aromatic carbocycles. The summed E-state index contributed by atoms with van der Waals surface area (Å²) in [6, 6.07) is 5.69. The van der Waals surface area contributed by atoms with Crippen LogP contribution in [0.4, 0.5) is 10.1 Å². The van der Waals surface area contributed by atoms with Gasteiger partial charge in [-0.2, -0.15) is 0 Å². The first-order chi connectivity index (χ1) is 9.90. The predicted molar refractivity (Wildman–Crippen MR) is 85.2 cm³/mol. The summed E-state index contributed by atoms with van der Waals surface area (Å²) in [6.45, 7) is 8.59. The van der Waals surface area contributed by atoms with Crippen molar-refractivity contribution in [2.24, 2.45) is 0 Å². The lowest BCUT2D eigenvalue weighted by Crippen LogP contribution is -2.36. The summed E-state index contributed by atoms with van der Waals surface area (Å²) in [5.41, 5.74) is 2.17. The lowest BCUT2D eigenvalue weighted by atomic mass is 10.1. The average Bonchev–Trinajstić information content (AvgIpc) is 3.22. The molecule has 1 aliphatic rings. The van der Waals surface area contributed by atoms with Crippen LogP contribution in [0.25, 0.3) is 0 Å². The molecule has 1 aliphatic carbocycles. The van der Waals surface area contributed by atoms with E-state index in [9.17, 15) is 4.39 Å². The lowest BCUT2D eigenvalue weighted by molar-refractivity contribution is 0.205. The number of halogens is 1. The number of hydrogen-bond acceptors (Lipinski definition) is 3. The first-order valence-electron chi connectivity index (χ1n) is 7.70. The Kier molecular flexibility index (Phi) is 5.22. The fourth-order valence-corrected chi connectivity index (χ4v) is 2.41. The van der Waals surface area contributed by atoms with Crippen molar-refractivity contribution in [2.45, 2.75) is 51.7 Å². The van der Waals surface area contributed by atoms with Crippen LogP contribution in [-0.4, -0.2) is 31.8 Å². The van der Waals surface area contributed by atoms with E-state index >= 15 is 0 Å². The molecule has 0 heterocycles. The van der Waals surface area contributed by atoms with Crippen LogP contribution in [0.3, 0.4) is 0 Å². The molecule has 4 heteroatoms. The number of anilines is 1. The van der Waals surface area contributed by atoms with Crippen LogP contribution in [0.1, 0.15) is 39.2 Å². The zero-order chi connectivity index (χ0) is 15.5. The molecule has 0 radical (unpaired) electrons. The van der Waals surface area contributed by atoms with Gasteiger partial charge < -0.3 is 15.0 Å². The molecule has 0 bridgehead atoms. The highest BCUT2D eigenvalue weighted by atomic mass is 19.1. The van der Waals surface area contributed by atoms with Gasteiger partial charge in [0.05, 0.1) is 6.61 Å². The zero-order valence-corrected chi connectivity index (χ0v) is 13.6. The third-order valence-corrected chi connectivity index (χ3v) is 3.68. The number of methoxy groups -OCH3 is 1. The van der Waals surface area contributed by atoms with Gasteiger partial charge in [0.25, 0.3) is 0 Å². The quantitative estimate of drug-likeness (QED) is 0.835. The Hall–Kier alpha value is -1.13. The topological polar surface area (TPSA) is 24.5 Å². The van der Waals surface area contributed by atoms with Crippen molar-refractivity contribution in [3.8, 4) is 0 Å². The lowest BCUT2D eigenvalue weighted by Gasteiger charge is -2.28. The molecule has 1 saturated carbocycles. The van der Waals surface area contributed by atoms with Crippen LogP contribution in [0, 0.1) is 5.82 Å². The van der Waals surface area contributed by atoms with E-state index in [1.165, 1.54) is 12.8 Å². The van der Waals surface area contributed by atoms with E-state index in [0.29, 0.717) is 19.2 Å². The van der Waals surface area contributed by atoms with E-state index in [1.54, 1.807) is 19.2 Å². The van der Waals surface area contributed by atoms with E-state index in [0.717, 1.165) is 17.8 Å². The Morgan fingerprint density at radius 3 is 2.62 bits per heavy atom. The van der Waals surface area contributed by atoms with Gasteiger partial charge in [-0.25, -0.2) is 4.39 Å². The van der Waals surface area contributed by atoms with Gasteiger partial charge in [-0.05, 0) is 57.4 Å². The summed E-state index contributed by atoms with van der Waals surface area (Å²) >= 11 is 0. The van der Waals surface area contributed by atoms with Crippen LogP contribution in [0.15, 0.2) is 18.2 Å². The smallest absolute Gasteiger partial charge is 0.123 e. The molecule has 118 valence electrons. The number of nitrogens with zero attached hydrogens (tertiary/aromatic N) is 1. The number of nitrogens with one attached hydrogen (secondary N) is 1. The fraction of sp³-hybridized carbons (Fsp3) is 0.647. The van der Waals surface area contributed by atoms with Gasteiger partial charge in [-0.1, -0.05) is 0 Å². The highest BCUT2D eigenvalue weighted by Gasteiger charge is 2.30. The molecule has 3 nitrogen and oxygen atoms in total. The van der Waals surface area contributed by atoms with E-state index in [1.807, 2.05) is 6.07 Å². The van der Waals surface area contributed by atoms with Crippen LogP contribution in [0.2, 0.25) is 0 Å². The molecule has 1 aromatic rings. The van der Waals surface area contributed by atoms with Crippen molar-refractivity contribution in [3.63, 3.8) is 0 Å². The molecule has 1 fully saturated rings. The fourth-order valence-electron chi connectivity index (χ4n) is 2.41. The van der Waals surface area contributed by atoms with Crippen LogP contribution < -0.4 is 10.2 Å². The molecule has 1 N–H and O–H groups in total. The van der Waals surface area contributed by atoms with Crippen LogP contribution >= 0.6 is 0 Å². The van der Waals surface area contributed by atoms with Gasteiger partial charge >= 0.3 is 0 Å². The zero-order valence-electron chi connectivity index (χ0n) is 13.6. The predicted octanol–water partition coefficient (Wildman–Crippen LogP) is 3.33. The third kappa shape index (κ3) is 4.97. The van der Waals surface area contributed by atoms with Gasteiger partial charge in [0.1, 0.15) is 5.82 Å². The van der Waals surface area contributed by atoms with E-state index in [2.05, 4.69) is 31.0 Å². The number of benzene rings is 1. The standard InChI is InChI=1S/C17H27FN2O/c1-17(2,3)19-12-13-11-14(18)5-8-16(13)20(9-10-21-4)15-6-7-15/h5,8,11,15,19H,6-7,9-10,12H2,1-4H3. The maximum Gasteiger partial charge on any atom is 0.123 e. The Morgan fingerprint density at radius 2 is 2.05 bits per heavy atom. The van der Waals surface area contributed by atoms with E-state index < -0.39 is 0 Å². The Balaban J connectivity index is 2.19. The molecule has 0 aliphatic heterocycles. The summed E-state index contributed by atoms with van der Waals surface area (Å²) < 4.78 is 18.8. The first kappa shape index (κ1) is 16.2. The monoisotopic (exact) mass is 294 g/mol. The molecule has 2 rings (SSSR count). The Bertz CT molecular complexity index is 466. The SMILES string of the molecule is COCCN(c1ccc(F)cc1CNC(C)(C)C)C1CC1. The van der Waals surface area contributed by atoms with Crippen molar-refractivity contribution >= 4 is 5.69 Å². The van der Waals surface area contributed by atoms with Crippen molar-refractivity contribution in [1.82, 2.24) is 5.32 Å². The first-order valence-corrected chi connectivity index (χ1v) is 7.70. The molecule has 0 saturated heterocycles. The molecule has 21 heavy (non-hydrogen) atoms. The molecule has 0 spiro atoms. The Morgan fingerprint density at radius 1 is 1.33 bits per heavy atom. The third-order valence-electron chi connectivity index (χ3n) is 3.68. The minimum Gasteiger partial charge on any atom is -0.383 e. The number of rotatable bonds is 7. The van der Waals surface area contributed by atoms with Gasteiger partial charge in [-0.3, -0.25) is 0 Å². The van der Waals surface area contributed by atoms with Gasteiger partial charge in [-0.15, -0.1) is 0 Å². The van der Waals surface area contributed by atoms with Crippen LogP contribution in [0.5, 0.6) is 0 Å². The molecule has 0 aromatic heterocycles. The summed E-state index contributed by atoms with van der Waals surface area (Å²) in [6.07, 6.45) is 2.43. The van der Waals surface area contributed by atoms with Crippen molar-refractivity contribution < 1.29 is 9.13 Å². The van der Waals surface area contributed by atoms with Gasteiger partial charge in [0.15, 0.2) is 0 Å². The van der Waals surface area contributed by atoms with Gasteiger partial charge in [0.2, 0.25) is 0 Å². The van der Waals surface area contributed by atoms with E-state index in [4.69, 9.17) is 4.74 Å². The molecule has 0 amide bonds. The number of ether oxygens (including phenoxy) is 1. The average molecular weight is 294 g/mol. The normalized spacial score (nSPS) is 15.3. The highest BCUT2D eigenvalue weighted by Crippen LogP contribution is 2.34. The second kappa shape index (κ2) is 6.75. The molecular weight excluding hydrogens is 267 g/mol. The Labute approximate surface area is 127 Å². The second-order valence-electron chi connectivity index (χ2n) is 6.79. The van der Waals surface area contributed by atoms with Crippen molar-refractivity contribution in [1.29, 1.82) is 0 Å². The molecular formula is C17H27FN2O. The summed E-state index contributed by atoms with van der Waals surface area (Å²) in [4.78, 5) is 2.36.